The van der Waals surface area contributed by atoms with Crippen LogP contribution in [0.15, 0.2) is 24.3 Å². The van der Waals surface area contributed by atoms with Gasteiger partial charge >= 0.3 is 5.97 Å². The monoisotopic (exact) mass is 282 g/mol. The molecule has 0 radical (unpaired) electrons. The minimum absolute atomic E-state index is 0.358. The van der Waals surface area contributed by atoms with Crippen molar-refractivity contribution in [3.63, 3.8) is 0 Å². The van der Waals surface area contributed by atoms with Crippen LogP contribution in [0.2, 0.25) is 5.02 Å². The van der Waals surface area contributed by atoms with E-state index in [9.17, 15) is 9.59 Å². The Kier molecular flexibility index (Phi) is 3.78. The van der Waals surface area contributed by atoms with E-state index in [1.807, 2.05) is 0 Å². The summed E-state index contributed by atoms with van der Waals surface area (Å²) in [6.07, 6.45) is 2.06. The highest BCUT2D eigenvalue weighted by Gasteiger charge is 2.43. The number of hydrogen-bond acceptors (Lipinski definition) is 3. The Balaban J connectivity index is 2.30. The number of benzene rings is 1. The van der Waals surface area contributed by atoms with Crippen molar-refractivity contribution in [3.05, 3.63) is 29.3 Å². The summed E-state index contributed by atoms with van der Waals surface area (Å²) in [5.74, 6) is -1.44. The fraction of sp³-hybridized carbons (Fsp3) is 0.385. The van der Waals surface area contributed by atoms with Gasteiger partial charge in [-0.25, -0.2) is 0 Å². The molecular weight excluding hydrogens is 268 g/mol. The van der Waals surface area contributed by atoms with Crippen molar-refractivity contribution in [3.8, 4) is 0 Å². The molecule has 0 atom stereocenters. The molecule has 1 aromatic carbocycles. The van der Waals surface area contributed by atoms with Gasteiger partial charge < -0.3 is 10.8 Å². The first-order chi connectivity index (χ1) is 8.92. The maximum Gasteiger partial charge on any atom is 0.323 e. The second kappa shape index (κ2) is 5.19. The summed E-state index contributed by atoms with van der Waals surface area (Å²) in [6.45, 7) is -0.419. The van der Waals surface area contributed by atoms with Crippen LogP contribution in [0.25, 0.3) is 0 Å². The molecule has 0 aliphatic heterocycles. The molecule has 0 spiro atoms. The molecule has 1 aliphatic rings. The van der Waals surface area contributed by atoms with Gasteiger partial charge in [0.25, 0.3) is 0 Å². The van der Waals surface area contributed by atoms with E-state index >= 15 is 0 Å². The molecule has 1 aromatic rings. The van der Waals surface area contributed by atoms with Crippen LogP contribution in [0.5, 0.6) is 0 Å². The number of carboxylic acids is 1. The number of nitrogens with two attached hydrogens (primary N) is 1. The fourth-order valence-corrected chi connectivity index (χ4v) is 2.28. The van der Waals surface area contributed by atoms with Gasteiger partial charge in [0.1, 0.15) is 6.54 Å². The van der Waals surface area contributed by atoms with E-state index in [2.05, 4.69) is 0 Å². The summed E-state index contributed by atoms with van der Waals surface area (Å²) >= 11 is 5.88. The fourth-order valence-electron chi connectivity index (χ4n) is 2.10. The lowest BCUT2D eigenvalue weighted by Gasteiger charge is -2.40. The van der Waals surface area contributed by atoms with Crippen molar-refractivity contribution in [2.24, 2.45) is 5.73 Å². The van der Waals surface area contributed by atoms with Crippen LogP contribution in [-0.4, -0.2) is 29.1 Å². The van der Waals surface area contributed by atoms with Gasteiger partial charge in [0, 0.05) is 10.7 Å². The molecule has 0 heterocycles. The molecule has 1 amide bonds. The molecule has 3 N–H and O–H groups in total. The Morgan fingerprint density at radius 2 is 2.11 bits per heavy atom. The zero-order chi connectivity index (χ0) is 14.0. The largest absolute Gasteiger partial charge is 0.480 e. The predicted octanol–water partition coefficient (Wildman–Crippen LogP) is 1.64. The molecule has 1 fully saturated rings. The van der Waals surface area contributed by atoms with E-state index in [4.69, 9.17) is 22.4 Å². The highest BCUT2D eigenvalue weighted by Crippen LogP contribution is 2.33. The van der Waals surface area contributed by atoms with Crippen molar-refractivity contribution < 1.29 is 14.7 Å². The Labute approximate surface area is 116 Å². The minimum Gasteiger partial charge on any atom is -0.480 e. The van der Waals surface area contributed by atoms with Gasteiger partial charge in [0.05, 0.1) is 5.54 Å². The Morgan fingerprint density at radius 1 is 1.42 bits per heavy atom. The van der Waals surface area contributed by atoms with Crippen LogP contribution in [0.3, 0.4) is 0 Å². The average Bonchev–Trinajstić information content (AvgIpc) is 2.32. The average molecular weight is 283 g/mol. The standard InChI is InChI=1S/C13H15ClN2O3/c14-9-3-1-4-10(7-9)16(8-11(17)18)12(19)13(15)5-2-6-13/h1,3-4,7H,2,5-6,8,15H2,(H,17,18). The maximum absolute atomic E-state index is 12.4. The first kappa shape index (κ1) is 13.8. The quantitative estimate of drug-likeness (QED) is 0.879. The molecule has 2 rings (SSSR count). The van der Waals surface area contributed by atoms with Crippen molar-refractivity contribution in [1.29, 1.82) is 0 Å². The van der Waals surface area contributed by atoms with E-state index in [-0.39, 0.29) is 5.91 Å². The number of aliphatic carboxylic acids is 1. The van der Waals surface area contributed by atoms with Crippen molar-refractivity contribution in [1.82, 2.24) is 0 Å². The second-order valence-electron chi connectivity index (χ2n) is 4.77. The highest BCUT2D eigenvalue weighted by molar-refractivity contribution is 6.31. The lowest BCUT2D eigenvalue weighted by Crippen LogP contribution is -2.60. The maximum atomic E-state index is 12.4. The van der Waals surface area contributed by atoms with Gasteiger partial charge in [0.15, 0.2) is 0 Å². The third-order valence-corrected chi connectivity index (χ3v) is 3.57. The topological polar surface area (TPSA) is 83.6 Å². The van der Waals surface area contributed by atoms with Gasteiger partial charge in [-0.2, -0.15) is 0 Å². The summed E-state index contributed by atoms with van der Waals surface area (Å²) in [5, 5.41) is 9.40. The molecule has 5 nitrogen and oxygen atoms in total. The van der Waals surface area contributed by atoms with Crippen molar-refractivity contribution in [2.45, 2.75) is 24.8 Å². The molecule has 1 saturated carbocycles. The molecule has 19 heavy (non-hydrogen) atoms. The first-order valence-electron chi connectivity index (χ1n) is 6.00. The minimum atomic E-state index is -1.09. The van der Waals surface area contributed by atoms with E-state index in [1.54, 1.807) is 24.3 Å². The predicted molar refractivity (Wildman–Crippen MR) is 72.2 cm³/mol. The number of nitrogens with zero attached hydrogens (tertiary/aromatic N) is 1. The summed E-state index contributed by atoms with van der Waals surface area (Å²) < 4.78 is 0. The zero-order valence-corrected chi connectivity index (χ0v) is 11.1. The Bertz CT molecular complexity index is 514. The van der Waals surface area contributed by atoms with Gasteiger partial charge in [-0.1, -0.05) is 17.7 Å². The Morgan fingerprint density at radius 3 is 2.58 bits per heavy atom. The van der Waals surface area contributed by atoms with Gasteiger partial charge in [-0.3, -0.25) is 14.5 Å². The summed E-state index contributed by atoms with van der Waals surface area (Å²) in [5.41, 5.74) is 5.50. The first-order valence-corrected chi connectivity index (χ1v) is 6.38. The van der Waals surface area contributed by atoms with Gasteiger partial charge in [0.2, 0.25) is 5.91 Å². The van der Waals surface area contributed by atoms with E-state index in [0.717, 1.165) is 6.42 Å². The second-order valence-corrected chi connectivity index (χ2v) is 5.21. The highest BCUT2D eigenvalue weighted by atomic mass is 35.5. The molecular formula is C13H15ClN2O3. The van der Waals surface area contributed by atoms with Crippen LogP contribution < -0.4 is 10.6 Å². The number of carbonyl (C=O) groups is 2. The molecule has 0 saturated heterocycles. The SMILES string of the molecule is NC1(C(=O)N(CC(=O)O)c2cccc(Cl)c2)CCC1. The summed E-state index contributed by atoms with van der Waals surface area (Å²) in [6, 6.07) is 6.54. The number of hydrogen-bond donors (Lipinski definition) is 2. The van der Waals surface area contributed by atoms with E-state index in [1.165, 1.54) is 4.90 Å². The number of rotatable bonds is 4. The van der Waals surface area contributed by atoms with Crippen LogP contribution in [0.4, 0.5) is 5.69 Å². The molecule has 0 aromatic heterocycles. The smallest absolute Gasteiger partial charge is 0.323 e. The molecule has 1 aliphatic carbocycles. The summed E-state index contributed by atoms with van der Waals surface area (Å²) in [4.78, 5) is 24.5. The van der Waals surface area contributed by atoms with Gasteiger partial charge in [-0.05, 0) is 37.5 Å². The van der Waals surface area contributed by atoms with Gasteiger partial charge in [-0.15, -0.1) is 0 Å². The van der Waals surface area contributed by atoms with Crippen LogP contribution >= 0.6 is 11.6 Å². The van der Waals surface area contributed by atoms with Crippen molar-refractivity contribution in [2.75, 3.05) is 11.4 Å². The number of carbonyl (C=O) groups excluding carboxylic acids is 1. The van der Waals surface area contributed by atoms with Crippen LogP contribution in [0.1, 0.15) is 19.3 Å². The zero-order valence-electron chi connectivity index (χ0n) is 10.3. The number of halogens is 1. The lowest BCUT2D eigenvalue weighted by atomic mass is 9.76. The number of amides is 1. The summed E-state index contributed by atoms with van der Waals surface area (Å²) in [7, 11) is 0. The molecule has 6 heteroatoms. The molecule has 0 bridgehead atoms. The molecule has 0 unspecified atom stereocenters. The van der Waals surface area contributed by atoms with E-state index in [0.29, 0.717) is 23.6 Å². The lowest BCUT2D eigenvalue weighted by molar-refractivity contribution is -0.137. The van der Waals surface area contributed by atoms with Crippen molar-refractivity contribution >= 4 is 29.2 Å². The van der Waals surface area contributed by atoms with Crippen LogP contribution in [-0.2, 0) is 9.59 Å². The molecule has 102 valence electrons. The third kappa shape index (κ3) is 2.88. The Hall–Kier alpha value is -1.59. The normalized spacial score (nSPS) is 16.5. The number of carboxylic acid groups (broad SMARTS) is 1. The number of anilines is 1. The van der Waals surface area contributed by atoms with E-state index < -0.39 is 18.1 Å². The third-order valence-electron chi connectivity index (χ3n) is 3.33. The van der Waals surface area contributed by atoms with Crippen LogP contribution in [0, 0.1) is 0 Å².